The monoisotopic (exact) mass is 418 g/mol. The van der Waals surface area contributed by atoms with E-state index in [1.54, 1.807) is 7.05 Å². The summed E-state index contributed by atoms with van der Waals surface area (Å²) in [6.07, 6.45) is 4.52. The van der Waals surface area contributed by atoms with Gasteiger partial charge in [0, 0.05) is 24.3 Å². The first-order valence-electron chi connectivity index (χ1n) is 11.4. The summed E-state index contributed by atoms with van der Waals surface area (Å²) in [5.74, 6) is 1.42. The number of carbonyl (C=O) groups excluding carboxylic acids is 1. The van der Waals surface area contributed by atoms with Gasteiger partial charge >= 0.3 is 0 Å². The Kier molecular flexibility index (Phi) is 5.78. The van der Waals surface area contributed by atoms with Crippen molar-refractivity contribution in [2.75, 3.05) is 12.4 Å². The van der Waals surface area contributed by atoms with Crippen LogP contribution in [0.5, 0.6) is 0 Å². The van der Waals surface area contributed by atoms with Crippen LogP contribution in [-0.2, 0) is 6.42 Å². The van der Waals surface area contributed by atoms with Crippen molar-refractivity contribution in [1.29, 1.82) is 0 Å². The topological polar surface area (TPSA) is 59.0 Å². The number of fused-ring (bicyclic) bond motifs is 1. The van der Waals surface area contributed by atoms with Crippen LogP contribution in [0.15, 0.2) is 42.5 Å². The van der Waals surface area contributed by atoms with Crippen LogP contribution >= 0.6 is 0 Å². The minimum Gasteiger partial charge on any atom is -0.355 e. The lowest BCUT2D eigenvalue weighted by Gasteiger charge is -2.40. The largest absolute Gasteiger partial charge is 0.355 e. The van der Waals surface area contributed by atoms with Gasteiger partial charge in [0.2, 0.25) is 5.95 Å². The highest BCUT2D eigenvalue weighted by Crippen LogP contribution is 2.46. The number of imidazole rings is 1. The highest BCUT2D eigenvalue weighted by Gasteiger charge is 2.34. The van der Waals surface area contributed by atoms with E-state index in [2.05, 4.69) is 67.2 Å². The Labute approximate surface area is 185 Å². The van der Waals surface area contributed by atoms with Gasteiger partial charge in [0.15, 0.2) is 0 Å². The predicted octanol–water partition coefficient (Wildman–Crippen LogP) is 6.09. The Balaban J connectivity index is 1.79. The Bertz CT molecular complexity index is 1080. The van der Waals surface area contributed by atoms with E-state index in [4.69, 9.17) is 4.98 Å². The molecule has 0 spiro atoms. The molecular formula is C26H34N4O. The van der Waals surface area contributed by atoms with E-state index in [9.17, 15) is 4.79 Å². The second kappa shape index (κ2) is 8.37. The van der Waals surface area contributed by atoms with Crippen LogP contribution in [0.1, 0.15) is 68.9 Å². The molecule has 2 N–H and O–H groups in total. The molecule has 1 aromatic heterocycles. The molecule has 1 saturated carbocycles. The molecule has 0 aliphatic heterocycles. The standard InChI is InChI=1S/C26H34N4O/c1-6-18-7-10-20(11-8-18)28-25-29-22-14-19(24(31)27-5)9-12-23(22)30(25)21-13-17(2)15-26(3,4)16-21/h7-12,14,17,21H,6,13,15-16H2,1-5H3,(H,27,31)(H,28,29)/t17-,21-/m0/s1. The summed E-state index contributed by atoms with van der Waals surface area (Å²) in [6, 6.07) is 14.8. The van der Waals surface area contributed by atoms with Gasteiger partial charge in [-0.2, -0.15) is 0 Å². The summed E-state index contributed by atoms with van der Waals surface area (Å²) in [6.45, 7) is 9.26. The van der Waals surface area contributed by atoms with Gasteiger partial charge in [-0.25, -0.2) is 4.98 Å². The molecule has 1 aliphatic rings. The van der Waals surface area contributed by atoms with Crippen LogP contribution in [0, 0.1) is 11.3 Å². The lowest BCUT2D eigenvalue weighted by molar-refractivity contribution is 0.0963. The molecule has 164 valence electrons. The van der Waals surface area contributed by atoms with E-state index in [1.807, 2.05) is 18.2 Å². The van der Waals surface area contributed by atoms with Crippen molar-refractivity contribution in [3.8, 4) is 0 Å². The second-order valence-electron chi connectivity index (χ2n) is 9.83. The molecule has 3 aromatic rings. The van der Waals surface area contributed by atoms with E-state index in [0.29, 0.717) is 22.9 Å². The van der Waals surface area contributed by atoms with Crippen LogP contribution in [-0.4, -0.2) is 22.5 Å². The molecule has 4 rings (SSSR count). The summed E-state index contributed by atoms with van der Waals surface area (Å²) in [5.41, 5.74) is 5.21. The fourth-order valence-corrected chi connectivity index (χ4v) is 5.29. The van der Waals surface area contributed by atoms with Gasteiger partial charge in [-0.05, 0) is 72.9 Å². The zero-order chi connectivity index (χ0) is 22.2. The average Bonchev–Trinajstić information content (AvgIpc) is 3.09. The van der Waals surface area contributed by atoms with Gasteiger partial charge in [0.25, 0.3) is 5.91 Å². The van der Waals surface area contributed by atoms with E-state index in [0.717, 1.165) is 41.9 Å². The Hall–Kier alpha value is -2.82. The summed E-state index contributed by atoms with van der Waals surface area (Å²) >= 11 is 0. The molecule has 5 nitrogen and oxygen atoms in total. The van der Waals surface area contributed by atoms with Gasteiger partial charge in [-0.15, -0.1) is 0 Å². The third kappa shape index (κ3) is 4.46. The zero-order valence-electron chi connectivity index (χ0n) is 19.3. The van der Waals surface area contributed by atoms with Crippen molar-refractivity contribution in [3.63, 3.8) is 0 Å². The summed E-state index contributed by atoms with van der Waals surface area (Å²) < 4.78 is 2.37. The Morgan fingerprint density at radius 3 is 2.55 bits per heavy atom. The van der Waals surface area contributed by atoms with Crippen molar-refractivity contribution < 1.29 is 4.79 Å². The minimum absolute atomic E-state index is 0.0893. The quantitative estimate of drug-likeness (QED) is 0.527. The first-order chi connectivity index (χ1) is 14.8. The second-order valence-corrected chi connectivity index (χ2v) is 9.83. The molecule has 0 radical (unpaired) electrons. The third-order valence-electron chi connectivity index (χ3n) is 6.53. The predicted molar refractivity (Wildman–Crippen MR) is 128 cm³/mol. The number of carbonyl (C=O) groups is 1. The number of aromatic nitrogens is 2. The highest BCUT2D eigenvalue weighted by molar-refractivity contribution is 5.97. The lowest BCUT2D eigenvalue weighted by atomic mass is 9.70. The Morgan fingerprint density at radius 1 is 1.16 bits per heavy atom. The van der Waals surface area contributed by atoms with Crippen molar-refractivity contribution in [1.82, 2.24) is 14.9 Å². The van der Waals surface area contributed by atoms with Gasteiger partial charge < -0.3 is 15.2 Å². The number of nitrogens with zero attached hydrogens (tertiary/aromatic N) is 2. The van der Waals surface area contributed by atoms with E-state index in [1.165, 1.54) is 12.0 Å². The number of benzene rings is 2. The van der Waals surface area contributed by atoms with Crippen molar-refractivity contribution in [2.24, 2.45) is 11.3 Å². The number of rotatable bonds is 5. The van der Waals surface area contributed by atoms with Crippen LogP contribution in [0.2, 0.25) is 0 Å². The highest BCUT2D eigenvalue weighted by atomic mass is 16.1. The number of anilines is 2. The first-order valence-corrected chi connectivity index (χ1v) is 11.4. The molecule has 1 amide bonds. The molecule has 0 unspecified atom stereocenters. The van der Waals surface area contributed by atoms with Crippen LogP contribution in [0.25, 0.3) is 11.0 Å². The van der Waals surface area contributed by atoms with Crippen LogP contribution in [0.3, 0.4) is 0 Å². The lowest BCUT2D eigenvalue weighted by Crippen LogP contribution is -2.29. The minimum atomic E-state index is -0.0893. The molecule has 1 aliphatic carbocycles. The molecule has 0 saturated heterocycles. The fourth-order valence-electron chi connectivity index (χ4n) is 5.29. The van der Waals surface area contributed by atoms with Crippen molar-refractivity contribution >= 4 is 28.6 Å². The number of hydrogen-bond donors (Lipinski definition) is 2. The van der Waals surface area contributed by atoms with Crippen molar-refractivity contribution in [3.05, 3.63) is 53.6 Å². The van der Waals surface area contributed by atoms with Crippen LogP contribution in [0.4, 0.5) is 11.6 Å². The van der Waals surface area contributed by atoms with E-state index >= 15 is 0 Å². The maximum absolute atomic E-state index is 12.2. The van der Waals surface area contributed by atoms with Gasteiger partial charge in [-0.3, -0.25) is 4.79 Å². The van der Waals surface area contributed by atoms with Gasteiger partial charge in [0.1, 0.15) is 0 Å². The zero-order valence-corrected chi connectivity index (χ0v) is 19.3. The SMILES string of the molecule is CCc1ccc(Nc2nc3cc(C(=O)NC)ccc3n2[C@H]2C[C@H](C)CC(C)(C)C2)cc1. The summed E-state index contributed by atoms with van der Waals surface area (Å²) in [5, 5.41) is 6.28. The summed E-state index contributed by atoms with van der Waals surface area (Å²) in [4.78, 5) is 17.1. The number of nitrogens with one attached hydrogen (secondary N) is 2. The third-order valence-corrected chi connectivity index (χ3v) is 6.53. The normalized spacial score (nSPS) is 20.5. The smallest absolute Gasteiger partial charge is 0.251 e. The summed E-state index contributed by atoms with van der Waals surface area (Å²) in [7, 11) is 1.66. The number of hydrogen-bond acceptors (Lipinski definition) is 3. The average molecular weight is 419 g/mol. The van der Waals surface area contributed by atoms with Crippen LogP contribution < -0.4 is 10.6 Å². The molecule has 1 heterocycles. The first kappa shape index (κ1) is 21.4. The molecule has 2 aromatic carbocycles. The van der Waals surface area contributed by atoms with E-state index < -0.39 is 0 Å². The molecule has 1 fully saturated rings. The maximum Gasteiger partial charge on any atom is 0.251 e. The van der Waals surface area contributed by atoms with Gasteiger partial charge in [0.05, 0.1) is 11.0 Å². The van der Waals surface area contributed by atoms with Gasteiger partial charge in [-0.1, -0.05) is 39.8 Å². The fraction of sp³-hybridized carbons (Fsp3) is 0.462. The Morgan fingerprint density at radius 2 is 1.90 bits per heavy atom. The molecule has 2 atom stereocenters. The number of aryl methyl sites for hydroxylation is 1. The van der Waals surface area contributed by atoms with E-state index in [-0.39, 0.29) is 5.91 Å². The molecule has 31 heavy (non-hydrogen) atoms. The molecular weight excluding hydrogens is 384 g/mol. The maximum atomic E-state index is 12.2. The molecule has 0 bridgehead atoms. The molecule has 5 heteroatoms. The van der Waals surface area contributed by atoms with Crippen molar-refractivity contribution in [2.45, 2.75) is 59.4 Å². The number of amides is 1.